The molecule has 6 nitrogen and oxygen atoms in total. The number of carbonyl (C=O) groups is 2. The summed E-state index contributed by atoms with van der Waals surface area (Å²) >= 11 is 0. The van der Waals surface area contributed by atoms with Gasteiger partial charge in [-0.1, -0.05) is 39.5 Å². The average molecular weight is 354 g/mol. The highest BCUT2D eigenvalue weighted by molar-refractivity contribution is 5.68. The lowest BCUT2D eigenvalue weighted by Gasteiger charge is -2.27. The molecule has 0 radical (unpaired) electrons. The Labute approximate surface area is 152 Å². The zero-order valence-corrected chi connectivity index (χ0v) is 16.7. The third kappa shape index (κ3) is 10.5. The Hall–Kier alpha value is -1.90. The SMILES string of the molecule is CNC(=O)OC(C)(C#CC(C)(CCC(C)C)OC(N)=O)CCC(C)C. The molecule has 2 unspecified atom stereocenters. The molecule has 0 fully saturated rings. The second kappa shape index (κ2) is 10.2. The van der Waals surface area contributed by atoms with Crippen LogP contribution in [0.3, 0.4) is 0 Å². The molecule has 2 atom stereocenters. The van der Waals surface area contributed by atoms with Crippen LogP contribution in [-0.2, 0) is 9.47 Å². The molecule has 0 aliphatic carbocycles. The molecule has 0 saturated carbocycles. The van der Waals surface area contributed by atoms with Gasteiger partial charge in [-0.15, -0.1) is 0 Å². The Morgan fingerprint density at radius 2 is 1.36 bits per heavy atom. The lowest BCUT2D eigenvalue weighted by atomic mass is 9.91. The Balaban J connectivity index is 5.49. The van der Waals surface area contributed by atoms with Crippen LogP contribution in [0.25, 0.3) is 0 Å². The fourth-order valence-corrected chi connectivity index (χ4v) is 2.15. The summed E-state index contributed by atoms with van der Waals surface area (Å²) in [5.74, 6) is 6.90. The minimum Gasteiger partial charge on any atom is -0.430 e. The van der Waals surface area contributed by atoms with Crippen LogP contribution >= 0.6 is 0 Å². The molecule has 144 valence electrons. The van der Waals surface area contributed by atoms with Crippen LogP contribution in [0.15, 0.2) is 0 Å². The third-order valence-corrected chi connectivity index (χ3v) is 3.84. The normalized spacial score (nSPS) is 15.6. The Morgan fingerprint density at radius 3 is 1.68 bits per heavy atom. The molecule has 0 bridgehead atoms. The Morgan fingerprint density at radius 1 is 0.960 bits per heavy atom. The van der Waals surface area contributed by atoms with E-state index < -0.39 is 23.4 Å². The van der Waals surface area contributed by atoms with E-state index in [1.807, 2.05) is 0 Å². The molecule has 0 aliphatic rings. The monoisotopic (exact) mass is 354 g/mol. The summed E-state index contributed by atoms with van der Waals surface area (Å²) in [6.45, 7) is 11.9. The zero-order valence-electron chi connectivity index (χ0n) is 16.7. The highest BCUT2D eigenvalue weighted by atomic mass is 16.6. The van der Waals surface area contributed by atoms with Crippen LogP contribution in [-0.4, -0.2) is 30.4 Å². The van der Waals surface area contributed by atoms with Crippen LogP contribution in [0.2, 0.25) is 0 Å². The van der Waals surface area contributed by atoms with E-state index in [0.717, 1.165) is 12.8 Å². The van der Waals surface area contributed by atoms with Crippen molar-refractivity contribution < 1.29 is 19.1 Å². The molecule has 25 heavy (non-hydrogen) atoms. The van der Waals surface area contributed by atoms with Gasteiger partial charge in [-0.25, -0.2) is 9.59 Å². The number of hydrogen-bond donors (Lipinski definition) is 2. The van der Waals surface area contributed by atoms with Crippen molar-refractivity contribution in [1.29, 1.82) is 0 Å². The lowest BCUT2D eigenvalue weighted by molar-refractivity contribution is 0.0520. The molecule has 0 heterocycles. The molecule has 0 spiro atoms. The van der Waals surface area contributed by atoms with E-state index in [1.165, 1.54) is 7.05 Å². The van der Waals surface area contributed by atoms with Gasteiger partial charge in [-0.05, 0) is 51.4 Å². The Kier molecular flexibility index (Phi) is 9.40. The summed E-state index contributed by atoms with van der Waals surface area (Å²) in [7, 11) is 1.50. The number of nitrogens with two attached hydrogens (primary N) is 1. The minimum absolute atomic E-state index is 0.437. The van der Waals surface area contributed by atoms with E-state index in [0.29, 0.717) is 24.7 Å². The number of nitrogens with one attached hydrogen (secondary N) is 1. The first kappa shape index (κ1) is 23.1. The first-order valence-electron chi connectivity index (χ1n) is 8.85. The van der Waals surface area contributed by atoms with Crippen molar-refractivity contribution in [3.63, 3.8) is 0 Å². The van der Waals surface area contributed by atoms with E-state index in [9.17, 15) is 9.59 Å². The van der Waals surface area contributed by atoms with Gasteiger partial charge in [0.15, 0.2) is 11.2 Å². The molecule has 0 aromatic heterocycles. The molecular formula is C19H34N2O4. The van der Waals surface area contributed by atoms with E-state index in [-0.39, 0.29) is 0 Å². The third-order valence-electron chi connectivity index (χ3n) is 3.84. The van der Waals surface area contributed by atoms with Crippen LogP contribution in [0.1, 0.15) is 67.2 Å². The maximum atomic E-state index is 11.7. The summed E-state index contributed by atoms with van der Waals surface area (Å²) < 4.78 is 10.7. The molecule has 3 N–H and O–H groups in total. The van der Waals surface area contributed by atoms with Gasteiger partial charge in [-0.2, -0.15) is 0 Å². The second-order valence-electron chi connectivity index (χ2n) is 7.64. The number of rotatable bonds is 8. The van der Waals surface area contributed by atoms with Gasteiger partial charge in [0.05, 0.1) is 0 Å². The van der Waals surface area contributed by atoms with Gasteiger partial charge < -0.3 is 20.5 Å². The number of amides is 2. The summed E-state index contributed by atoms with van der Waals surface area (Å²) in [6.07, 6.45) is 1.42. The molecule has 0 rings (SSSR count). The van der Waals surface area contributed by atoms with Gasteiger partial charge in [-0.3, -0.25) is 0 Å². The maximum Gasteiger partial charge on any atom is 0.408 e. The number of carbonyl (C=O) groups excluding carboxylic acids is 2. The molecule has 0 aromatic rings. The van der Waals surface area contributed by atoms with Crippen LogP contribution in [0.5, 0.6) is 0 Å². The fraction of sp³-hybridized carbons (Fsp3) is 0.789. The Bertz CT molecular complexity index is 507. The quantitative estimate of drug-likeness (QED) is 0.648. The molecule has 0 aliphatic heterocycles. The van der Waals surface area contributed by atoms with Crippen molar-refractivity contribution in [1.82, 2.24) is 5.32 Å². The van der Waals surface area contributed by atoms with Gasteiger partial charge in [0.25, 0.3) is 0 Å². The summed E-state index contributed by atoms with van der Waals surface area (Å²) in [5, 5.41) is 2.44. The molecular weight excluding hydrogens is 320 g/mol. The number of alkyl carbamates (subject to hydrolysis) is 1. The van der Waals surface area contributed by atoms with E-state index in [1.54, 1.807) is 13.8 Å². The fourth-order valence-electron chi connectivity index (χ4n) is 2.15. The standard InChI is InChI=1S/C19H34N2O4/c1-14(2)8-10-18(5,24-16(20)22)12-13-19(6,11-9-15(3)4)25-17(23)21-7/h14-15H,8-11H2,1-7H3,(H2,20,22)(H,21,23). The predicted molar refractivity (Wildman–Crippen MR) is 98.9 cm³/mol. The maximum absolute atomic E-state index is 11.7. The van der Waals surface area contributed by atoms with Gasteiger partial charge in [0.1, 0.15) is 0 Å². The van der Waals surface area contributed by atoms with Crippen molar-refractivity contribution in [3.8, 4) is 11.8 Å². The molecule has 0 saturated heterocycles. The van der Waals surface area contributed by atoms with Crippen molar-refractivity contribution in [2.45, 2.75) is 78.4 Å². The van der Waals surface area contributed by atoms with Gasteiger partial charge in [0.2, 0.25) is 0 Å². The van der Waals surface area contributed by atoms with Crippen molar-refractivity contribution in [2.24, 2.45) is 17.6 Å². The molecule has 0 aromatic carbocycles. The number of hydrogen-bond acceptors (Lipinski definition) is 4. The van der Waals surface area contributed by atoms with Crippen molar-refractivity contribution >= 4 is 12.2 Å². The van der Waals surface area contributed by atoms with E-state index >= 15 is 0 Å². The molecule has 6 heteroatoms. The van der Waals surface area contributed by atoms with Gasteiger partial charge in [0, 0.05) is 7.05 Å². The minimum atomic E-state index is -1.01. The van der Waals surface area contributed by atoms with Gasteiger partial charge >= 0.3 is 12.2 Å². The lowest BCUT2D eigenvalue weighted by Crippen LogP contribution is -2.37. The first-order valence-corrected chi connectivity index (χ1v) is 8.85. The van der Waals surface area contributed by atoms with E-state index in [4.69, 9.17) is 15.2 Å². The van der Waals surface area contributed by atoms with E-state index in [2.05, 4.69) is 44.9 Å². The summed E-state index contributed by atoms with van der Waals surface area (Å²) in [6, 6.07) is 0. The van der Waals surface area contributed by atoms with Crippen LogP contribution in [0, 0.1) is 23.7 Å². The number of primary amides is 1. The van der Waals surface area contributed by atoms with Crippen molar-refractivity contribution in [2.75, 3.05) is 7.05 Å². The van der Waals surface area contributed by atoms with Crippen LogP contribution in [0.4, 0.5) is 9.59 Å². The van der Waals surface area contributed by atoms with Crippen LogP contribution < -0.4 is 11.1 Å². The average Bonchev–Trinajstić information content (AvgIpc) is 2.49. The summed E-state index contributed by atoms with van der Waals surface area (Å²) in [4.78, 5) is 22.9. The number of ether oxygens (including phenoxy) is 2. The second-order valence-corrected chi connectivity index (χ2v) is 7.64. The predicted octanol–water partition coefficient (Wildman–Crippen LogP) is 3.83. The molecule has 2 amide bonds. The smallest absolute Gasteiger partial charge is 0.408 e. The largest absolute Gasteiger partial charge is 0.430 e. The zero-order chi connectivity index (χ0) is 19.7. The highest BCUT2D eigenvalue weighted by Crippen LogP contribution is 2.24. The highest BCUT2D eigenvalue weighted by Gasteiger charge is 2.30. The summed E-state index contributed by atoms with van der Waals surface area (Å²) in [5.41, 5.74) is 3.22. The van der Waals surface area contributed by atoms with Crippen molar-refractivity contribution in [3.05, 3.63) is 0 Å². The first-order chi connectivity index (χ1) is 11.4. The topological polar surface area (TPSA) is 90.7 Å².